The number of nitrogens with two attached hydrogens (primary N) is 1. The van der Waals surface area contributed by atoms with E-state index < -0.39 is 0 Å². The van der Waals surface area contributed by atoms with E-state index in [-0.39, 0.29) is 11.8 Å². The van der Waals surface area contributed by atoms with Gasteiger partial charge in [0.2, 0.25) is 5.91 Å². The van der Waals surface area contributed by atoms with E-state index in [9.17, 15) is 4.79 Å². The van der Waals surface area contributed by atoms with E-state index in [1.807, 2.05) is 7.05 Å². The van der Waals surface area contributed by atoms with E-state index in [1.54, 1.807) is 0 Å². The fraction of sp³-hybridized carbons (Fsp3) is 0.875. The molecule has 12 heavy (non-hydrogen) atoms. The highest BCUT2D eigenvalue weighted by Gasteiger charge is 2.32. The van der Waals surface area contributed by atoms with Gasteiger partial charge < -0.3 is 5.73 Å². The number of carbonyl (C=O) groups excluding carboxylic acids is 1. The molecule has 2 N–H and O–H groups in total. The predicted molar refractivity (Wildman–Crippen MR) is 47.2 cm³/mol. The molecule has 0 atom stereocenters. The van der Waals surface area contributed by atoms with Crippen molar-refractivity contribution < 1.29 is 4.79 Å². The molecule has 4 nitrogen and oxygen atoms in total. The quantitative estimate of drug-likeness (QED) is 0.629. The molecule has 1 fully saturated rings. The van der Waals surface area contributed by atoms with Crippen molar-refractivity contribution in [2.75, 3.05) is 26.7 Å². The highest BCUT2D eigenvalue weighted by molar-refractivity contribution is 5.78. The zero-order valence-electron chi connectivity index (χ0n) is 7.79. The van der Waals surface area contributed by atoms with E-state index in [2.05, 4.69) is 16.9 Å². The molecule has 1 rings (SSSR count). The summed E-state index contributed by atoms with van der Waals surface area (Å²) in [6.07, 6.45) is 1.13. The number of hydrogen-bond donors (Lipinski definition) is 1. The largest absolute Gasteiger partial charge is 0.369 e. The third-order valence-corrected chi connectivity index (χ3v) is 2.29. The lowest BCUT2D eigenvalue weighted by molar-refractivity contribution is -0.139. The van der Waals surface area contributed by atoms with Gasteiger partial charge in [0.15, 0.2) is 0 Å². The minimum absolute atomic E-state index is 0.0734. The van der Waals surface area contributed by atoms with E-state index in [4.69, 9.17) is 5.73 Å². The SMILES string of the molecule is CCCN(C)N1CC(C(N)=O)C1. The number of hydrogen-bond acceptors (Lipinski definition) is 3. The van der Waals surface area contributed by atoms with Crippen LogP contribution in [0.5, 0.6) is 0 Å². The van der Waals surface area contributed by atoms with Gasteiger partial charge in [0.1, 0.15) is 0 Å². The van der Waals surface area contributed by atoms with Crippen molar-refractivity contribution in [3.63, 3.8) is 0 Å². The van der Waals surface area contributed by atoms with E-state index >= 15 is 0 Å². The number of nitrogens with zero attached hydrogens (tertiary/aromatic N) is 2. The monoisotopic (exact) mass is 171 g/mol. The molecule has 0 aromatic rings. The second-order valence-corrected chi connectivity index (χ2v) is 3.35. The van der Waals surface area contributed by atoms with Crippen LogP contribution in [0.1, 0.15) is 13.3 Å². The Kier molecular flexibility index (Phi) is 3.05. The molecule has 1 aliphatic heterocycles. The van der Waals surface area contributed by atoms with Crippen molar-refractivity contribution in [3.05, 3.63) is 0 Å². The normalized spacial score (nSPS) is 19.6. The number of amides is 1. The third-order valence-electron chi connectivity index (χ3n) is 2.29. The van der Waals surface area contributed by atoms with Gasteiger partial charge in [-0.25, -0.2) is 10.0 Å². The van der Waals surface area contributed by atoms with Gasteiger partial charge in [0.05, 0.1) is 5.92 Å². The van der Waals surface area contributed by atoms with Gasteiger partial charge in [-0.15, -0.1) is 0 Å². The Morgan fingerprint density at radius 3 is 2.67 bits per heavy atom. The average molecular weight is 171 g/mol. The van der Waals surface area contributed by atoms with Gasteiger partial charge in [-0.2, -0.15) is 0 Å². The summed E-state index contributed by atoms with van der Waals surface area (Å²) < 4.78 is 0. The second kappa shape index (κ2) is 3.87. The van der Waals surface area contributed by atoms with Gasteiger partial charge in [-0.3, -0.25) is 4.79 Å². The molecule has 0 aromatic carbocycles. The van der Waals surface area contributed by atoms with Crippen LogP contribution in [0.4, 0.5) is 0 Å². The summed E-state index contributed by atoms with van der Waals surface area (Å²) in [7, 11) is 2.04. The Hall–Kier alpha value is -0.610. The van der Waals surface area contributed by atoms with Crippen LogP contribution in [0.3, 0.4) is 0 Å². The summed E-state index contributed by atoms with van der Waals surface area (Å²) in [6, 6.07) is 0. The summed E-state index contributed by atoms with van der Waals surface area (Å²) in [4.78, 5) is 10.7. The third kappa shape index (κ3) is 1.95. The maximum absolute atomic E-state index is 10.7. The van der Waals surface area contributed by atoms with Gasteiger partial charge in [-0.1, -0.05) is 6.92 Å². The fourth-order valence-corrected chi connectivity index (χ4v) is 1.38. The first kappa shape index (κ1) is 9.48. The Morgan fingerprint density at radius 1 is 1.67 bits per heavy atom. The van der Waals surface area contributed by atoms with Crippen molar-refractivity contribution in [1.29, 1.82) is 0 Å². The molecule has 1 saturated heterocycles. The highest BCUT2D eigenvalue weighted by Crippen LogP contribution is 2.16. The molecule has 0 bridgehead atoms. The predicted octanol–water partition coefficient (Wildman–Crippen LogP) is -0.340. The molecular formula is C8H17N3O. The highest BCUT2D eigenvalue weighted by atomic mass is 16.1. The average Bonchev–Trinajstić information content (AvgIpc) is 1.82. The van der Waals surface area contributed by atoms with Crippen molar-refractivity contribution in [1.82, 2.24) is 10.0 Å². The molecule has 0 unspecified atom stereocenters. The number of rotatable bonds is 4. The summed E-state index contributed by atoms with van der Waals surface area (Å²) in [5.41, 5.74) is 5.15. The maximum atomic E-state index is 10.7. The van der Waals surface area contributed by atoms with Crippen LogP contribution in [-0.4, -0.2) is 42.6 Å². The lowest BCUT2D eigenvalue weighted by Gasteiger charge is -2.43. The van der Waals surface area contributed by atoms with Crippen LogP contribution >= 0.6 is 0 Å². The standard InChI is InChI=1S/C8H17N3O/c1-3-4-10(2)11-5-7(6-11)8(9)12/h7H,3-6H2,1-2H3,(H2,9,12). The van der Waals surface area contributed by atoms with Crippen molar-refractivity contribution >= 4 is 5.91 Å². The van der Waals surface area contributed by atoms with Crippen LogP contribution in [0, 0.1) is 5.92 Å². The van der Waals surface area contributed by atoms with E-state index in [1.165, 1.54) is 0 Å². The molecule has 0 saturated carbocycles. The summed E-state index contributed by atoms with van der Waals surface area (Å²) >= 11 is 0. The Labute approximate surface area is 73.3 Å². The van der Waals surface area contributed by atoms with Gasteiger partial charge >= 0.3 is 0 Å². The minimum atomic E-state index is -0.170. The molecule has 0 aromatic heterocycles. The minimum Gasteiger partial charge on any atom is -0.369 e. The van der Waals surface area contributed by atoms with Crippen molar-refractivity contribution in [2.45, 2.75) is 13.3 Å². The Morgan fingerprint density at radius 2 is 2.25 bits per heavy atom. The van der Waals surface area contributed by atoms with Crippen molar-refractivity contribution in [2.24, 2.45) is 11.7 Å². The first-order chi connectivity index (χ1) is 5.65. The van der Waals surface area contributed by atoms with Crippen LogP contribution in [-0.2, 0) is 4.79 Å². The molecule has 0 spiro atoms. The molecule has 70 valence electrons. The molecule has 1 amide bonds. The molecule has 1 heterocycles. The fourth-order valence-electron chi connectivity index (χ4n) is 1.38. The summed E-state index contributed by atoms with van der Waals surface area (Å²) in [5, 5.41) is 4.30. The van der Waals surface area contributed by atoms with Gasteiger partial charge in [0.25, 0.3) is 0 Å². The topological polar surface area (TPSA) is 49.6 Å². The van der Waals surface area contributed by atoms with Crippen LogP contribution < -0.4 is 5.73 Å². The first-order valence-electron chi connectivity index (χ1n) is 4.40. The van der Waals surface area contributed by atoms with E-state index in [0.29, 0.717) is 0 Å². The Balaban J connectivity index is 2.20. The van der Waals surface area contributed by atoms with Gasteiger partial charge in [-0.05, 0) is 6.42 Å². The Bertz CT molecular complexity index is 166. The molecule has 0 radical (unpaired) electrons. The van der Waals surface area contributed by atoms with Crippen molar-refractivity contribution in [3.8, 4) is 0 Å². The lowest BCUT2D eigenvalue weighted by Crippen LogP contribution is -2.58. The van der Waals surface area contributed by atoms with Crippen LogP contribution in [0.15, 0.2) is 0 Å². The molecular weight excluding hydrogens is 154 g/mol. The molecule has 1 aliphatic rings. The number of hydrazine groups is 1. The second-order valence-electron chi connectivity index (χ2n) is 3.35. The summed E-state index contributed by atoms with van der Waals surface area (Å²) in [6.45, 7) is 4.78. The molecule has 4 heteroatoms. The lowest BCUT2D eigenvalue weighted by atomic mass is 10.0. The van der Waals surface area contributed by atoms with Crippen LogP contribution in [0.2, 0.25) is 0 Å². The first-order valence-corrected chi connectivity index (χ1v) is 4.40. The zero-order chi connectivity index (χ0) is 9.14. The smallest absolute Gasteiger partial charge is 0.223 e. The summed E-state index contributed by atoms with van der Waals surface area (Å²) in [5.74, 6) is -0.0968. The van der Waals surface area contributed by atoms with E-state index in [0.717, 1.165) is 26.1 Å². The maximum Gasteiger partial charge on any atom is 0.223 e. The number of carbonyl (C=O) groups is 1. The zero-order valence-corrected chi connectivity index (χ0v) is 7.79. The number of primary amides is 1. The molecule has 0 aliphatic carbocycles. The van der Waals surface area contributed by atoms with Gasteiger partial charge in [0, 0.05) is 26.7 Å². The van der Waals surface area contributed by atoms with Crippen LogP contribution in [0.25, 0.3) is 0 Å².